The van der Waals surface area contributed by atoms with E-state index in [0.29, 0.717) is 6.54 Å². The van der Waals surface area contributed by atoms with Crippen molar-refractivity contribution in [3.8, 4) is 5.69 Å². The molecule has 3 heterocycles. The zero-order valence-corrected chi connectivity index (χ0v) is 13.0. The van der Waals surface area contributed by atoms with Gasteiger partial charge in [0, 0.05) is 10.5 Å². The number of aromatic nitrogens is 3. The van der Waals surface area contributed by atoms with E-state index in [1.807, 2.05) is 19.1 Å². The number of aliphatic imine (C=N–C) groups is 1. The molecule has 1 aliphatic rings. The standard InChI is InChI=1S/C15H12N4S2/c1-9-17-18-14-8-16-15(13-3-2-6-21-13)11-7-10(20)4-5-12(11)19(9)14/h2-7,20H,8H2,1H3. The van der Waals surface area contributed by atoms with E-state index in [0.717, 1.165) is 38.4 Å². The Labute approximate surface area is 131 Å². The maximum atomic E-state index is 4.77. The van der Waals surface area contributed by atoms with Crippen LogP contribution in [0.25, 0.3) is 5.69 Å². The number of thiophene rings is 1. The zero-order valence-electron chi connectivity index (χ0n) is 11.3. The second-order valence-corrected chi connectivity index (χ2v) is 6.31. The summed E-state index contributed by atoms with van der Waals surface area (Å²) in [6, 6.07) is 10.3. The van der Waals surface area contributed by atoms with E-state index in [2.05, 4.69) is 51.0 Å². The molecule has 2 aromatic heterocycles. The SMILES string of the molecule is Cc1nnc2n1-c1ccc(S)cc1C(c1cccs1)=NC2. The van der Waals surface area contributed by atoms with Crippen LogP contribution in [0.2, 0.25) is 0 Å². The summed E-state index contributed by atoms with van der Waals surface area (Å²) in [6.07, 6.45) is 0. The summed E-state index contributed by atoms with van der Waals surface area (Å²) in [7, 11) is 0. The minimum Gasteiger partial charge on any atom is -0.281 e. The molecule has 0 radical (unpaired) electrons. The van der Waals surface area contributed by atoms with Crippen molar-refractivity contribution in [1.29, 1.82) is 0 Å². The van der Waals surface area contributed by atoms with Gasteiger partial charge in [0.25, 0.3) is 0 Å². The first kappa shape index (κ1) is 12.8. The van der Waals surface area contributed by atoms with E-state index in [4.69, 9.17) is 4.99 Å². The quantitative estimate of drug-likeness (QED) is 0.701. The van der Waals surface area contributed by atoms with Gasteiger partial charge < -0.3 is 0 Å². The Morgan fingerprint density at radius 1 is 1.24 bits per heavy atom. The van der Waals surface area contributed by atoms with Crippen molar-refractivity contribution in [2.45, 2.75) is 18.4 Å². The van der Waals surface area contributed by atoms with Crippen molar-refractivity contribution >= 4 is 29.7 Å². The van der Waals surface area contributed by atoms with E-state index in [1.165, 1.54) is 0 Å². The molecule has 104 valence electrons. The summed E-state index contributed by atoms with van der Waals surface area (Å²) in [5, 5.41) is 10.5. The van der Waals surface area contributed by atoms with Crippen molar-refractivity contribution in [2.75, 3.05) is 0 Å². The summed E-state index contributed by atoms with van der Waals surface area (Å²) in [5.74, 6) is 1.74. The average molecular weight is 312 g/mol. The molecule has 0 saturated carbocycles. The van der Waals surface area contributed by atoms with Crippen LogP contribution in [-0.4, -0.2) is 20.5 Å². The highest BCUT2D eigenvalue weighted by molar-refractivity contribution is 7.80. The molecule has 4 rings (SSSR count). The molecule has 0 N–H and O–H groups in total. The molecule has 6 heteroatoms. The normalized spacial score (nSPS) is 13.3. The topological polar surface area (TPSA) is 43.1 Å². The third-order valence-corrected chi connectivity index (χ3v) is 4.66. The summed E-state index contributed by atoms with van der Waals surface area (Å²) >= 11 is 6.17. The molecule has 0 saturated heterocycles. The molecule has 1 aliphatic heterocycles. The van der Waals surface area contributed by atoms with Crippen LogP contribution in [0, 0.1) is 6.92 Å². The van der Waals surface area contributed by atoms with Crippen LogP contribution >= 0.6 is 24.0 Å². The van der Waals surface area contributed by atoms with E-state index in [-0.39, 0.29) is 0 Å². The van der Waals surface area contributed by atoms with Crippen LogP contribution in [0.5, 0.6) is 0 Å². The number of hydrogen-bond acceptors (Lipinski definition) is 5. The fourth-order valence-corrected chi connectivity index (χ4v) is 3.54. The summed E-state index contributed by atoms with van der Waals surface area (Å²) in [5.41, 5.74) is 3.14. The lowest BCUT2D eigenvalue weighted by molar-refractivity contribution is 0.861. The molecule has 4 nitrogen and oxygen atoms in total. The van der Waals surface area contributed by atoms with Gasteiger partial charge >= 0.3 is 0 Å². The first-order valence-corrected chi connectivity index (χ1v) is 7.90. The van der Waals surface area contributed by atoms with Gasteiger partial charge in [-0.25, -0.2) is 0 Å². The maximum Gasteiger partial charge on any atom is 0.159 e. The number of aryl methyl sites for hydroxylation is 1. The van der Waals surface area contributed by atoms with E-state index >= 15 is 0 Å². The maximum absolute atomic E-state index is 4.77. The Hall–Kier alpha value is -1.92. The van der Waals surface area contributed by atoms with Gasteiger partial charge in [0.1, 0.15) is 12.4 Å². The Morgan fingerprint density at radius 2 is 2.14 bits per heavy atom. The monoisotopic (exact) mass is 312 g/mol. The van der Waals surface area contributed by atoms with Crippen LogP contribution in [-0.2, 0) is 6.54 Å². The molecular formula is C15H12N4S2. The molecular weight excluding hydrogens is 300 g/mol. The van der Waals surface area contributed by atoms with Gasteiger partial charge in [-0.2, -0.15) is 0 Å². The lowest BCUT2D eigenvalue weighted by Gasteiger charge is -2.12. The number of benzene rings is 1. The van der Waals surface area contributed by atoms with Gasteiger partial charge in [0.05, 0.1) is 16.3 Å². The number of rotatable bonds is 1. The second kappa shape index (κ2) is 4.82. The molecule has 3 aromatic rings. The molecule has 1 aromatic carbocycles. The van der Waals surface area contributed by atoms with Crippen LogP contribution in [0.15, 0.2) is 45.6 Å². The lowest BCUT2D eigenvalue weighted by atomic mass is 10.1. The van der Waals surface area contributed by atoms with Gasteiger partial charge in [0.2, 0.25) is 0 Å². The van der Waals surface area contributed by atoms with Crippen molar-refractivity contribution in [1.82, 2.24) is 14.8 Å². The van der Waals surface area contributed by atoms with Crippen molar-refractivity contribution in [3.05, 3.63) is 57.8 Å². The average Bonchev–Trinajstić information content (AvgIpc) is 3.08. The number of nitrogens with zero attached hydrogens (tertiary/aromatic N) is 4. The highest BCUT2D eigenvalue weighted by atomic mass is 32.1. The fraction of sp³-hybridized carbons (Fsp3) is 0.133. The Kier molecular flexibility index (Phi) is 2.94. The number of fused-ring (bicyclic) bond motifs is 3. The van der Waals surface area contributed by atoms with Crippen molar-refractivity contribution < 1.29 is 0 Å². The summed E-state index contributed by atoms with van der Waals surface area (Å²) < 4.78 is 2.08. The molecule has 0 amide bonds. The van der Waals surface area contributed by atoms with Crippen LogP contribution in [0.1, 0.15) is 22.1 Å². The Bertz CT molecular complexity index is 847. The molecule has 0 spiro atoms. The van der Waals surface area contributed by atoms with Gasteiger partial charge in [0.15, 0.2) is 5.82 Å². The fourth-order valence-electron chi connectivity index (χ4n) is 2.59. The van der Waals surface area contributed by atoms with Crippen molar-refractivity contribution in [3.63, 3.8) is 0 Å². The summed E-state index contributed by atoms with van der Waals surface area (Å²) in [4.78, 5) is 6.85. The van der Waals surface area contributed by atoms with Gasteiger partial charge in [-0.1, -0.05) is 6.07 Å². The predicted octanol–water partition coefficient (Wildman–Crippen LogP) is 3.28. The van der Waals surface area contributed by atoms with Crippen LogP contribution < -0.4 is 0 Å². The number of thiol groups is 1. The van der Waals surface area contributed by atoms with Gasteiger partial charge in [-0.3, -0.25) is 9.56 Å². The first-order valence-electron chi connectivity index (χ1n) is 6.57. The first-order chi connectivity index (χ1) is 10.2. The lowest BCUT2D eigenvalue weighted by Crippen LogP contribution is -2.07. The smallest absolute Gasteiger partial charge is 0.159 e. The predicted molar refractivity (Wildman–Crippen MR) is 87.0 cm³/mol. The Balaban J connectivity index is 2.03. The number of hydrogen-bond donors (Lipinski definition) is 1. The third-order valence-electron chi connectivity index (χ3n) is 3.50. The molecule has 0 aliphatic carbocycles. The molecule has 0 fully saturated rings. The molecule has 0 unspecified atom stereocenters. The molecule has 21 heavy (non-hydrogen) atoms. The molecule has 0 atom stereocenters. The zero-order chi connectivity index (χ0) is 14.4. The third kappa shape index (κ3) is 2.02. The summed E-state index contributed by atoms with van der Waals surface area (Å²) in [6.45, 7) is 2.50. The van der Waals surface area contributed by atoms with E-state index in [1.54, 1.807) is 11.3 Å². The Morgan fingerprint density at radius 3 is 2.95 bits per heavy atom. The highest BCUT2D eigenvalue weighted by Crippen LogP contribution is 2.28. The van der Waals surface area contributed by atoms with Gasteiger partial charge in [-0.05, 0) is 36.6 Å². The van der Waals surface area contributed by atoms with Crippen LogP contribution in [0.3, 0.4) is 0 Å². The van der Waals surface area contributed by atoms with Crippen molar-refractivity contribution in [2.24, 2.45) is 4.99 Å². The van der Waals surface area contributed by atoms with E-state index < -0.39 is 0 Å². The minimum atomic E-state index is 0.532. The largest absolute Gasteiger partial charge is 0.281 e. The highest BCUT2D eigenvalue weighted by Gasteiger charge is 2.21. The molecule has 0 bridgehead atoms. The second-order valence-electron chi connectivity index (χ2n) is 4.84. The van der Waals surface area contributed by atoms with E-state index in [9.17, 15) is 0 Å². The van der Waals surface area contributed by atoms with Gasteiger partial charge in [-0.15, -0.1) is 34.2 Å². The van der Waals surface area contributed by atoms with Crippen LogP contribution in [0.4, 0.5) is 0 Å². The minimum absolute atomic E-state index is 0.532.